The second-order valence-corrected chi connectivity index (χ2v) is 10.3. The molecule has 0 amide bonds. The number of rotatable bonds is 6. The first-order valence-electron chi connectivity index (χ1n) is 11.6. The molecule has 3 aromatic rings. The van der Waals surface area contributed by atoms with Gasteiger partial charge in [0, 0.05) is 30.6 Å². The number of hydrogen-bond acceptors (Lipinski definition) is 7. The molecule has 1 saturated heterocycles. The van der Waals surface area contributed by atoms with Crippen LogP contribution in [0.3, 0.4) is 0 Å². The van der Waals surface area contributed by atoms with E-state index in [1.807, 2.05) is 22.9 Å². The first-order valence-corrected chi connectivity index (χ1v) is 12.9. The van der Waals surface area contributed by atoms with Gasteiger partial charge in [0.2, 0.25) is 0 Å². The van der Waals surface area contributed by atoms with Crippen molar-refractivity contribution in [3.05, 3.63) is 46.0 Å². The molecule has 4 heterocycles. The summed E-state index contributed by atoms with van der Waals surface area (Å²) in [7, 11) is 0. The van der Waals surface area contributed by atoms with Crippen LogP contribution in [0.1, 0.15) is 42.1 Å². The minimum Gasteiger partial charge on any atom is -0.486 e. The third-order valence-corrected chi connectivity index (χ3v) is 7.92. The number of carbonyl (C=O) groups excluding carboxylic acids is 1. The largest absolute Gasteiger partial charge is 0.486 e. The molecule has 6 rings (SSSR count). The monoisotopic (exact) mass is 482 g/mol. The second kappa shape index (κ2) is 8.70. The highest BCUT2D eigenvalue weighted by molar-refractivity contribution is 7.71. The van der Waals surface area contributed by atoms with E-state index in [2.05, 4.69) is 27.0 Å². The lowest BCUT2D eigenvalue weighted by Crippen LogP contribution is -2.37. The molecule has 1 aliphatic carbocycles. The van der Waals surface area contributed by atoms with Crippen LogP contribution in [-0.4, -0.2) is 51.3 Å². The number of benzene rings is 1. The summed E-state index contributed by atoms with van der Waals surface area (Å²) >= 11 is 7.52. The van der Waals surface area contributed by atoms with Crippen molar-refractivity contribution >= 4 is 29.3 Å². The highest BCUT2D eigenvalue weighted by Crippen LogP contribution is 2.39. The predicted octanol–water partition coefficient (Wildman–Crippen LogP) is 4.80. The van der Waals surface area contributed by atoms with E-state index in [0.29, 0.717) is 37.2 Å². The molecule has 9 heteroatoms. The van der Waals surface area contributed by atoms with E-state index in [9.17, 15) is 4.79 Å². The van der Waals surface area contributed by atoms with Crippen molar-refractivity contribution in [1.82, 2.24) is 19.2 Å². The summed E-state index contributed by atoms with van der Waals surface area (Å²) in [6.07, 6.45) is 4.01. The van der Waals surface area contributed by atoms with Crippen molar-refractivity contribution in [2.24, 2.45) is 5.92 Å². The van der Waals surface area contributed by atoms with Crippen LogP contribution in [0.15, 0.2) is 35.7 Å². The number of aromatic nitrogens is 3. The number of piperidine rings is 1. The Morgan fingerprint density at radius 1 is 1.09 bits per heavy atom. The fraction of sp³-hybridized carbons (Fsp3) is 0.458. The van der Waals surface area contributed by atoms with Crippen LogP contribution in [0.4, 0.5) is 0 Å². The SMILES string of the molecule is O=C(c1ccc2c(c1)OCCO2)C1CCN(Cn2nc(-c3cccs3)n(C3CC3)c2=S)CC1. The molecule has 2 aromatic heterocycles. The number of nitrogens with zero attached hydrogens (tertiary/aromatic N) is 4. The molecule has 7 nitrogen and oxygen atoms in total. The van der Waals surface area contributed by atoms with Gasteiger partial charge < -0.3 is 9.47 Å². The smallest absolute Gasteiger partial charge is 0.199 e. The maximum absolute atomic E-state index is 13.1. The van der Waals surface area contributed by atoms with Gasteiger partial charge in [-0.2, -0.15) is 0 Å². The quantitative estimate of drug-likeness (QED) is 0.372. The van der Waals surface area contributed by atoms with Gasteiger partial charge in [-0.15, -0.1) is 16.4 Å². The van der Waals surface area contributed by atoms with Gasteiger partial charge in [-0.3, -0.25) is 14.3 Å². The average molecular weight is 483 g/mol. The Morgan fingerprint density at radius 3 is 2.61 bits per heavy atom. The van der Waals surface area contributed by atoms with Crippen LogP contribution < -0.4 is 9.47 Å². The van der Waals surface area contributed by atoms with E-state index in [4.69, 9.17) is 26.8 Å². The molecule has 0 bridgehead atoms. The van der Waals surface area contributed by atoms with Crippen LogP contribution in [-0.2, 0) is 6.67 Å². The molecule has 0 radical (unpaired) electrons. The lowest BCUT2D eigenvalue weighted by atomic mass is 9.89. The standard InChI is InChI=1S/C24H26N4O3S2/c29-22(17-3-6-19-20(14-17)31-12-11-30-19)16-7-9-26(10-8-16)15-27-24(32)28(18-4-5-18)23(25-27)21-2-1-13-33-21/h1-3,6,13-14,16,18H,4-5,7-12,15H2. The summed E-state index contributed by atoms with van der Waals surface area (Å²) in [5, 5.41) is 6.98. The normalized spacial score (nSPS) is 19.0. The van der Waals surface area contributed by atoms with Crippen molar-refractivity contribution in [2.45, 2.75) is 38.4 Å². The molecular formula is C24H26N4O3S2. The fourth-order valence-corrected chi connectivity index (χ4v) is 5.75. The summed E-state index contributed by atoms with van der Waals surface area (Å²) in [5.41, 5.74) is 0.712. The van der Waals surface area contributed by atoms with Crippen molar-refractivity contribution in [2.75, 3.05) is 26.3 Å². The number of fused-ring (bicyclic) bond motifs is 1. The Labute approximate surface area is 201 Å². The number of hydrogen-bond donors (Lipinski definition) is 0. The highest BCUT2D eigenvalue weighted by atomic mass is 32.1. The zero-order valence-corrected chi connectivity index (χ0v) is 19.9. The summed E-state index contributed by atoms with van der Waals surface area (Å²) in [4.78, 5) is 16.6. The Morgan fingerprint density at radius 2 is 1.88 bits per heavy atom. The van der Waals surface area contributed by atoms with Crippen molar-refractivity contribution in [1.29, 1.82) is 0 Å². The highest BCUT2D eigenvalue weighted by Gasteiger charge is 2.31. The maximum atomic E-state index is 13.1. The van der Waals surface area contributed by atoms with E-state index < -0.39 is 0 Å². The van der Waals surface area contributed by atoms with Gasteiger partial charge in [0.05, 0.1) is 11.5 Å². The van der Waals surface area contributed by atoms with Gasteiger partial charge >= 0.3 is 0 Å². The Hall–Kier alpha value is -2.49. The van der Waals surface area contributed by atoms with E-state index in [1.165, 1.54) is 12.8 Å². The second-order valence-electron chi connectivity index (χ2n) is 8.94. The summed E-state index contributed by atoms with van der Waals surface area (Å²) in [6, 6.07) is 10.2. The van der Waals surface area contributed by atoms with E-state index in [0.717, 1.165) is 47.2 Å². The van der Waals surface area contributed by atoms with Crippen molar-refractivity contribution in [3.63, 3.8) is 0 Å². The van der Waals surface area contributed by atoms with Gasteiger partial charge in [0.25, 0.3) is 0 Å². The van der Waals surface area contributed by atoms with Gasteiger partial charge in [0.15, 0.2) is 27.9 Å². The van der Waals surface area contributed by atoms with Crippen LogP contribution in [0.5, 0.6) is 11.5 Å². The maximum Gasteiger partial charge on any atom is 0.199 e. The summed E-state index contributed by atoms with van der Waals surface area (Å²) < 4.78 is 16.2. The lowest BCUT2D eigenvalue weighted by Gasteiger charge is -2.31. The molecule has 1 saturated carbocycles. The predicted molar refractivity (Wildman–Crippen MR) is 129 cm³/mol. The molecule has 3 aliphatic rings. The Balaban J connectivity index is 1.13. The van der Waals surface area contributed by atoms with Crippen molar-refractivity contribution < 1.29 is 14.3 Å². The lowest BCUT2D eigenvalue weighted by molar-refractivity contribution is 0.0802. The van der Waals surface area contributed by atoms with E-state index >= 15 is 0 Å². The average Bonchev–Trinajstić information content (AvgIpc) is 3.43. The Bertz CT molecular complexity index is 1220. The molecule has 33 heavy (non-hydrogen) atoms. The number of thiophene rings is 1. The zero-order chi connectivity index (χ0) is 22.4. The summed E-state index contributed by atoms with van der Waals surface area (Å²) in [6.45, 7) is 3.45. The van der Waals surface area contributed by atoms with Crippen LogP contribution in [0, 0.1) is 10.7 Å². The minimum absolute atomic E-state index is 0.0301. The molecule has 0 N–H and O–H groups in total. The van der Waals surface area contributed by atoms with Gasteiger partial charge in [-0.1, -0.05) is 6.07 Å². The first-order chi connectivity index (χ1) is 16.2. The topological polar surface area (TPSA) is 61.5 Å². The third-order valence-electron chi connectivity index (χ3n) is 6.64. The first kappa shape index (κ1) is 21.1. The van der Waals surface area contributed by atoms with Crippen molar-refractivity contribution in [3.8, 4) is 22.2 Å². The number of carbonyl (C=O) groups is 1. The van der Waals surface area contributed by atoms with E-state index in [-0.39, 0.29) is 11.7 Å². The number of Topliss-reactive ketones (excluding diaryl/α,β-unsaturated/α-hetero) is 1. The molecule has 0 spiro atoms. The molecule has 1 aromatic carbocycles. The molecule has 0 unspecified atom stereocenters. The number of ketones is 1. The molecule has 0 atom stereocenters. The third kappa shape index (κ3) is 4.13. The fourth-order valence-electron chi connectivity index (χ4n) is 4.71. The minimum atomic E-state index is 0.0301. The van der Waals surface area contributed by atoms with Gasteiger partial charge in [-0.05, 0) is 67.5 Å². The molecule has 2 aliphatic heterocycles. The van der Waals surface area contributed by atoms with Gasteiger partial charge in [0.1, 0.15) is 13.2 Å². The molecule has 172 valence electrons. The van der Waals surface area contributed by atoms with Crippen LogP contribution in [0.2, 0.25) is 0 Å². The van der Waals surface area contributed by atoms with E-state index in [1.54, 1.807) is 11.3 Å². The zero-order valence-electron chi connectivity index (χ0n) is 18.3. The van der Waals surface area contributed by atoms with Crippen LogP contribution >= 0.6 is 23.6 Å². The Kier molecular flexibility index (Phi) is 5.55. The van der Waals surface area contributed by atoms with Crippen LogP contribution in [0.25, 0.3) is 10.7 Å². The molecular weight excluding hydrogens is 456 g/mol. The molecule has 2 fully saturated rings. The van der Waals surface area contributed by atoms with Gasteiger partial charge in [-0.25, -0.2) is 4.68 Å². The number of likely N-dealkylation sites (tertiary alicyclic amines) is 1. The summed E-state index contributed by atoms with van der Waals surface area (Å²) in [5.74, 6) is 2.61. The number of ether oxygens (including phenoxy) is 2.